The Bertz CT molecular complexity index is 348. The molecule has 0 aromatic heterocycles. The van der Waals surface area contributed by atoms with E-state index in [2.05, 4.69) is 0 Å². The lowest BCUT2D eigenvalue weighted by Gasteiger charge is -2.06. The van der Waals surface area contributed by atoms with Gasteiger partial charge in [0.05, 0.1) is 17.5 Å². The van der Waals surface area contributed by atoms with Gasteiger partial charge in [-0.1, -0.05) is 11.6 Å². The van der Waals surface area contributed by atoms with Crippen LogP contribution in [0.15, 0.2) is 18.2 Å². The zero-order valence-corrected chi connectivity index (χ0v) is 9.39. The van der Waals surface area contributed by atoms with E-state index < -0.39 is 5.38 Å². The molecule has 1 aromatic carbocycles. The highest BCUT2D eigenvalue weighted by molar-refractivity contribution is 6.38. The molecule has 1 aromatic rings. The summed E-state index contributed by atoms with van der Waals surface area (Å²) in [6.45, 7) is 1.62. The highest BCUT2D eigenvalue weighted by Gasteiger charge is 2.15. The van der Waals surface area contributed by atoms with Crippen LogP contribution in [0.2, 0.25) is 5.02 Å². The lowest BCUT2D eigenvalue weighted by atomic mass is 10.1. The van der Waals surface area contributed by atoms with E-state index in [1.54, 1.807) is 25.1 Å². The molecule has 76 valence electrons. The molecule has 1 unspecified atom stereocenters. The fourth-order valence-corrected chi connectivity index (χ4v) is 1.42. The lowest BCUT2D eigenvalue weighted by Crippen LogP contribution is -2.10. The molecule has 0 saturated carbocycles. The minimum Gasteiger partial charge on any atom is -0.497 e. The van der Waals surface area contributed by atoms with Gasteiger partial charge < -0.3 is 4.74 Å². The summed E-state index contributed by atoms with van der Waals surface area (Å²) in [5.41, 5.74) is 0.426. The van der Waals surface area contributed by atoms with Crippen LogP contribution in [0.4, 0.5) is 0 Å². The zero-order chi connectivity index (χ0) is 10.7. The number of methoxy groups -OCH3 is 1. The Morgan fingerprint density at radius 2 is 2.14 bits per heavy atom. The van der Waals surface area contributed by atoms with E-state index in [4.69, 9.17) is 27.9 Å². The molecular weight excluding hydrogens is 223 g/mol. The van der Waals surface area contributed by atoms with Crippen molar-refractivity contribution in [1.29, 1.82) is 0 Å². The Kier molecular flexibility index (Phi) is 3.78. The molecule has 0 aliphatic heterocycles. The fraction of sp³-hybridized carbons (Fsp3) is 0.300. The molecule has 1 atom stereocenters. The van der Waals surface area contributed by atoms with Gasteiger partial charge in [-0.05, 0) is 25.1 Å². The lowest BCUT2D eigenvalue weighted by molar-refractivity contribution is 0.0992. The van der Waals surface area contributed by atoms with Crippen molar-refractivity contribution in [2.24, 2.45) is 0 Å². The van der Waals surface area contributed by atoms with Crippen molar-refractivity contribution in [2.45, 2.75) is 12.3 Å². The molecule has 0 spiro atoms. The smallest absolute Gasteiger partial charge is 0.181 e. The van der Waals surface area contributed by atoms with Crippen LogP contribution in [0.25, 0.3) is 0 Å². The Balaban J connectivity index is 3.06. The van der Waals surface area contributed by atoms with Gasteiger partial charge in [-0.2, -0.15) is 0 Å². The van der Waals surface area contributed by atoms with E-state index in [-0.39, 0.29) is 5.78 Å². The number of ether oxygens (including phenoxy) is 1. The van der Waals surface area contributed by atoms with Gasteiger partial charge in [0, 0.05) is 5.56 Å². The SMILES string of the molecule is COc1ccc(C(=O)C(C)Cl)c(Cl)c1. The summed E-state index contributed by atoms with van der Waals surface area (Å²) in [6, 6.07) is 4.88. The van der Waals surface area contributed by atoms with Crippen molar-refractivity contribution in [3.05, 3.63) is 28.8 Å². The van der Waals surface area contributed by atoms with Crippen molar-refractivity contribution in [3.63, 3.8) is 0 Å². The maximum atomic E-state index is 11.5. The van der Waals surface area contributed by atoms with Crippen LogP contribution in [0, 0.1) is 0 Å². The van der Waals surface area contributed by atoms with Gasteiger partial charge in [0.25, 0.3) is 0 Å². The van der Waals surface area contributed by atoms with Crippen LogP contribution in [0.5, 0.6) is 5.75 Å². The van der Waals surface area contributed by atoms with Crippen LogP contribution in [-0.4, -0.2) is 18.3 Å². The van der Waals surface area contributed by atoms with Crippen molar-refractivity contribution in [2.75, 3.05) is 7.11 Å². The number of rotatable bonds is 3. The molecule has 0 fully saturated rings. The van der Waals surface area contributed by atoms with Crippen LogP contribution < -0.4 is 4.74 Å². The van der Waals surface area contributed by atoms with Gasteiger partial charge in [0.2, 0.25) is 0 Å². The Morgan fingerprint density at radius 3 is 2.57 bits per heavy atom. The molecular formula is C10H10Cl2O2. The quantitative estimate of drug-likeness (QED) is 0.592. The average molecular weight is 233 g/mol. The van der Waals surface area contributed by atoms with E-state index in [0.29, 0.717) is 16.3 Å². The minimum atomic E-state index is -0.569. The molecule has 0 aliphatic rings. The summed E-state index contributed by atoms with van der Waals surface area (Å²) < 4.78 is 4.96. The Morgan fingerprint density at radius 1 is 1.50 bits per heavy atom. The van der Waals surface area contributed by atoms with Gasteiger partial charge in [0.15, 0.2) is 5.78 Å². The molecule has 0 saturated heterocycles. The van der Waals surface area contributed by atoms with Crippen molar-refractivity contribution in [3.8, 4) is 5.75 Å². The normalized spacial score (nSPS) is 12.3. The van der Waals surface area contributed by atoms with Gasteiger partial charge in [0.1, 0.15) is 5.75 Å². The van der Waals surface area contributed by atoms with Crippen molar-refractivity contribution < 1.29 is 9.53 Å². The summed E-state index contributed by atoms with van der Waals surface area (Å²) in [7, 11) is 1.54. The topological polar surface area (TPSA) is 26.3 Å². The van der Waals surface area contributed by atoms with Crippen molar-refractivity contribution in [1.82, 2.24) is 0 Å². The van der Waals surface area contributed by atoms with E-state index in [0.717, 1.165) is 0 Å². The number of carbonyl (C=O) groups is 1. The van der Waals surface area contributed by atoms with Gasteiger partial charge >= 0.3 is 0 Å². The Hall–Kier alpha value is -0.730. The van der Waals surface area contributed by atoms with Gasteiger partial charge in [-0.25, -0.2) is 0 Å². The zero-order valence-electron chi connectivity index (χ0n) is 7.88. The number of ketones is 1. The number of alkyl halides is 1. The summed E-state index contributed by atoms with van der Waals surface area (Å²) in [5.74, 6) is 0.438. The third kappa shape index (κ3) is 2.40. The summed E-state index contributed by atoms with van der Waals surface area (Å²) in [5, 5.41) is -0.206. The molecule has 0 aliphatic carbocycles. The maximum absolute atomic E-state index is 11.5. The molecule has 2 nitrogen and oxygen atoms in total. The second-order valence-electron chi connectivity index (χ2n) is 2.83. The Labute approximate surface area is 92.8 Å². The number of hydrogen-bond donors (Lipinski definition) is 0. The first-order valence-corrected chi connectivity index (χ1v) is 4.89. The average Bonchev–Trinajstić information content (AvgIpc) is 2.16. The molecule has 1 rings (SSSR count). The summed E-state index contributed by atoms with van der Waals surface area (Å²) >= 11 is 11.6. The second kappa shape index (κ2) is 4.67. The van der Waals surface area contributed by atoms with E-state index >= 15 is 0 Å². The molecule has 14 heavy (non-hydrogen) atoms. The molecule has 0 amide bonds. The number of halogens is 2. The fourth-order valence-electron chi connectivity index (χ4n) is 1.04. The first-order valence-electron chi connectivity index (χ1n) is 4.08. The van der Waals surface area contributed by atoms with Gasteiger partial charge in [-0.15, -0.1) is 11.6 Å². The largest absolute Gasteiger partial charge is 0.497 e. The van der Waals surface area contributed by atoms with E-state index in [1.165, 1.54) is 7.11 Å². The van der Waals surface area contributed by atoms with Crippen LogP contribution >= 0.6 is 23.2 Å². The van der Waals surface area contributed by atoms with E-state index in [1.807, 2.05) is 0 Å². The number of carbonyl (C=O) groups excluding carboxylic acids is 1. The van der Waals surface area contributed by atoms with E-state index in [9.17, 15) is 4.79 Å². The predicted molar refractivity (Wildman–Crippen MR) is 57.6 cm³/mol. The van der Waals surface area contributed by atoms with Crippen LogP contribution in [0.1, 0.15) is 17.3 Å². The number of Topliss-reactive ketones (excluding diaryl/α,β-unsaturated/α-hetero) is 1. The third-order valence-electron chi connectivity index (χ3n) is 1.80. The number of benzene rings is 1. The molecule has 0 bridgehead atoms. The molecule has 0 heterocycles. The second-order valence-corrected chi connectivity index (χ2v) is 3.89. The third-order valence-corrected chi connectivity index (χ3v) is 2.31. The predicted octanol–water partition coefficient (Wildman–Crippen LogP) is 3.16. The maximum Gasteiger partial charge on any atom is 0.181 e. The van der Waals surface area contributed by atoms with Crippen LogP contribution in [0.3, 0.4) is 0 Å². The van der Waals surface area contributed by atoms with Crippen LogP contribution in [-0.2, 0) is 0 Å². The first kappa shape index (κ1) is 11.3. The highest BCUT2D eigenvalue weighted by atomic mass is 35.5. The first-order chi connectivity index (χ1) is 6.56. The van der Waals surface area contributed by atoms with Crippen molar-refractivity contribution >= 4 is 29.0 Å². The number of hydrogen-bond acceptors (Lipinski definition) is 2. The molecule has 4 heteroatoms. The molecule has 0 radical (unpaired) electrons. The minimum absolute atomic E-state index is 0.181. The van der Waals surface area contributed by atoms with Gasteiger partial charge in [-0.3, -0.25) is 4.79 Å². The molecule has 0 N–H and O–H groups in total. The summed E-state index contributed by atoms with van der Waals surface area (Å²) in [4.78, 5) is 11.5. The standard InChI is InChI=1S/C10H10Cl2O2/c1-6(11)10(13)8-4-3-7(14-2)5-9(8)12/h3-6H,1-2H3. The highest BCUT2D eigenvalue weighted by Crippen LogP contribution is 2.24. The summed E-state index contributed by atoms with van der Waals surface area (Å²) in [6.07, 6.45) is 0. The monoisotopic (exact) mass is 232 g/mol.